The highest BCUT2D eigenvalue weighted by Gasteiger charge is 2.19. The van der Waals surface area contributed by atoms with Crippen LogP contribution in [0.5, 0.6) is 0 Å². The van der Waals surface area contributed by atoms with Gasteiger partial charge in [-0.1, -0.05) is 53.7 Å². The molecule has 3 aromatic carbocycles. The number of benzene rings is 3. The Bertz CT molecular complexity index is 1280. The summed E-state index contributed by atoms with van der Waals surface area (Å²) in [5.41, 5.74) is 5.62. The zero-order valence-corrected chi connectivity index (χ0v) is 18.1. The first kappa shape index (κ1) is 21.0. The Hall–Kier alpha value is -4.26. The second-order valence-corrected chi connectivity index (χ2v) is 7.36. The molecular formula is C25H23N5O2. The molecule has 0 saturated heterocycles. The molecule has 0 unspecified atom stereocenters. The van der Waals surface area contributed by atoms with E-state index in [-0.39, 0.29) is 17.5 Å². The maximum absolute atomic E-state index is 12.9. The fraction of sp³-hybridized carbons (Fsp3) is 0.120. The van der Waals surface area contributed by atoms with Crippen LogP contribution in [0.2, 0.25) is 0 Å². The molecule has 0 spiro atoms. The Morgan fingerprint density at radius 2 is 1.50 bits per heavy atom. The van der Waals surface area contributed by atoms with Gasteiger partial charge in [0.05, 0.1) is 11.4 Å². The summed E-state index contributed by atoms with van der Waals surface area (Å²) in [5.74, 6) is -0.591. The molecule has 0 fully saturated rings. The Labute approximate surface area is 186 Å². The summed E-state index contributed by atoms with van der Waals surface area (Å²) in [6, 6.07) is 23.2. The monoisotopic (exact) mass is 425 g/mol. The van der Waals surface area contributed by atoms with Gasteiger partial charge in [-0.25, -0.2) is 4.68 Å². The van der Waals surface area contributed by atoms with Crippen LogP contribution in [-0.2, 0) is 0 Å². The molecule has 7 heteroatoms. The summed E-state index contributed by atoms with van der Waals surface area (Å²) in [7, 11) is 1.57. The first-order valence-corrected chi connectivity index (χ1v) is 10.2. The number of hydrogen-bond donors (Lipinski definition) is 2. The minimum absolute atomic E-state index is 0.209. The third-order valence-electron chi connectivity index (χ3n) is 5.38. The molecule has 0 saturated carbocycles. The van der Waals surface area contributed by atoms with Crippen molar-refractivity contribution in [1.29, 1.82) is 0 Å². The fourth-order valence-electron chi connectivity index (χ4n) is 3.54. The van der Waals surface area contributed by atoms with Crippen LogP contribution in [0.15, 0.2) is 72.8 Å². The van der Waals surface area contributed by atoms with Gasteiger partial charge >= 0.3 is 0 Å². The molecule has 1 aromatic heterocycles. The molecule has 4 aromatic rings. The molecule has 1 heterocycles. The SMILES string of the molecule is CNC(=O)c1cccc(NC(=O)c2nnn(-c3ccc(-c4ccccc4)cc3)c2C)c1C. The lowest BCUT2D eigenvalue weighted by Gasteiger charge is -2.11. The van der Waals surface area contributed by atoms with Crippen LogP contribution in [0, 0.1) is 13.8 Å². The number of nitrogens with one attached hydrogen (secondary N) is 2. The lowest BCUT2D eigenvalue weighted by Crippen LogP contribution is -2.20. The van der Waals surface area contributed by atoms with Gasteiger partial charge in [-0.2, -0.15) is 0 Å². The van der Waals surface area contributed by atoms with E-state index in [9.17, 15) is 9.59 Å². The largest absolute Gasteiger partial charge is 0.355 e. The Morgan fingerprint density at radius 1 is 0.812 bits per heavy atom. The molecule has 7 nitrogen and oxygen atoms in total. The van der Waals surface area contributed by atoms with Crippen LogP contribution < -0.4 is 10.6 Å². The number of aromatic nitrogens is 3. The molecule has 0 aliphatic rings. The van der Waals surface area contributed by atoms with Crippen molar-refractivity contribution < 1.29 is 9.59 Å². The minimum Gasteiger partial charge on any atom is -0.355 e. The maximum atomic E-state index is 12.9. The number of anilines is 1. The van der Waals surface area contributed by atoms with Gasteiger partial charge in [-0.3, -0.25) is 9.59 Å². The van der Waals surface area contributed by atoms with Crippen molar-refractivity contribution in [3.8, 4) is 16.8 Å². The number of nitrogens with zero attached hydrogens (tertiary/aromatic N) is 3. The number of amides is 2. The van der Waals surface area contributed by atoms with E-state index >= 15 is 0 Å². The van der Waals surface area contributed by atoms with E-state index < -0.39 is 0 Å². The van der Waals surface area contributed by atoms with E-state index in [0.29, 0.717) is 22.5 Å². The highest BCUT2D eigenvalue weighted by Crippen LogP contribution is 2.23. The molecule has 4 rings (SSSR count). The van der Waals surface area contributed by atoms with Gasteiger partial charge in [0.25, 0.3) is 11.8 Å². The van der Waals surface area contributed by atoms with E-state index in [1.54, 1.807) is 43.8 Å². The van der Waals surface area contributed by atoms with Gasteiger partial charge in [0.15, 0.2) is 5.69 Å². The van der Waals surface area contributed by atoms with Gasteiger partial charge < -0.3 is 10.6 Å². The highest BCUT2D eigenvalue weighted by molar-refractivity contribution is 6.05. The lowest BCUT2D eigenvalue weighted by atomic mass is 10.1. The second kappa shape index (κ2) is 8.85. The summed E-state index contributed by atoms with van der Waals surface area (Å²) in [4.78, 5) is 24.9. The van der Waals surface area contributed by atoms with E-state index in [4.69, 9.17) is 0 Å². The molecule has 0 aliphatic heterocycles. The fourth-order valence-corrected chi connectivity index (χ4v) is 3.54. The van der Waals surface area contributed by atoms with Crippen molar-refractivity contribution in [1.82, 2.24) is 20.3 Å². The average Bonchev–Trinajstić information content (AvgIpc) is 3.22. The Morgan fingerprint density at radius 3 is 2.19 bits per heavy atom. The topological polar surface area (TPSA) is 88.9 Å². The molecule has 0 bridgehead atoms. The van der Waals surface area contributed by atoms with Crippen molar-refractivity contribution >= 4 is 17.5 Å². The predicted octanol–water partition coefficient (Wildman–Crippen LogP) is 4.16. The molecule has 2 N–H and O–H groups in total. The number of hydrogen-bond acceptors (Lipinski definition) is 4. The molecule has 32 heavy (non-hydrogen) atoms. The second-order valence-electron chi connectivity index (χ2n) is 7.36. The van der Waals surface area contributed by atoms with Crippen LogP contribution in [-0.4, -0.2) is 33.9 Å². The Kier molecular flexibility index (Phi) is 5.81. The van der Waals surface area contributed by atoms with Crippen LogP contribution in [0.4, 0.5) is 5.69 Å². The zero-order valence-electron chi connectivity index (χ0n) is 18.1. The van der Waals surface area contributed by atoms with Gasteiger partial charge in [0, 0.05) is 18.3 Å². The van der Waals surface area contributed by atoms with Gasteiger partial charge in [0.1, 0.15) is 0 Å². The molecule has 0 radical (unpaired) electrons. The van der Waals surface area contributed by atoms with Crippen molar-refractivity contribution in [2.24, 2.45) is 0 Å². The van der Waals surface area contributed by atoms with Crippen LogP contribution in [0.25, 0.3) is 16.8 Å². The van der Waals surface area contributed by atoms with Crippen LogP contribution in [0.1, 0.15) is 32.1 Å². The molecule has 0 atom stereocenters. The van der Waals surface area contributed by atoms with E-state index in [2.05, 4.69) is 33.1 Å². The summed E-state index contributed by atoms with van der Waals surface area (Å²) >= 11 is 0. The normalized spacial score (nSPS) is 10.6. The molecule has 0 aliphatic carbocycles. The number of rotatable bonds is 5. The standard InChI is InChI=1S/C25H23N5O2/c1-16-21(24(31)26-3)10-7-11-22(16)27-25(32)23-17(2)30(29-28-23)20-14-12-19(13-15-20)18-8-5-4-6-9-18/h4-15H,1-3H3,(H,26,31)(H,27,32). The van der Waals surface area contributed by atoms with Crippen molar-refractivity contribution in [2.45, 2.75) is 13.8 Å². The third-order valence-corrected chi connectivity index (χ3v) is 5.38. The molecule has 2 amide bonds. The van der Waals surface area contributed by atoms with E-state index in [1.807, 2.05) is 42.5 Å². The van der Waals surface area contributed by atoms with Gasteiger partial charge in [0.2, 0.25) is 0 Å². The van der Waals surface area contributed by atoms with Gasteiger partial charge in [-0.05, 0) is 54.8 Å². The van der Waals surface area contributed by atoms with Gasteiger partial charge in [-0.15, -0.1) is 5.10 Å². The molecular weight excluding hydrogens is 402 g/mol. The number of carbonyl (C=O) groups is 2. The Balaban J connectivity index is 1.57. The van der Waals surface area contributed by atoms with Crippen molar-refractivity contribution in [3.05, 3.63) is 95.3 Å². The van der Waals surface area contributed by atoms with Crippen molar-refractivity contribution in [2.75, 3.05) is 12.4 Å². The molecule has 160 valence electrons. The number of carbonyl (C=O) groups excluding carboxylic acids is 2. The summed E-state index contributed by atoms with van der Waals surface area (Å²) in [6.45, 7) is 3.59. The van der Waals surface area contributed by atoms with Crippen LogP contribution in [0.3, 0.4) is 0 Å². The quantitative estimate of drug-likeness (QED) is 0.502. The van der Waals surface area contributed by atoms with E-state index in [1.165, 1.54) is 0 Å². The smallest absolute Gasteiger partial charge is 0.278 e. The highest BCUT2D eigenvalue weighted by atomic mass is 16.2. The zero-order chi connectivity index (χ0) is 22.7. The lowest BCUT2D eigenvalue weighted by molar-refractivity contribution is 0.0960. The third kappa shape index (κ3) is 4.00. The first-order chi connectivity index (χ1) is 15.5. The first-order valence-electron chi connectivity index (χ1n) is 10.2. The van der Waals surface area contributed by atoms with E-state index in [0.717, 1.165) is 16.8 Å². The minimum atomic E-state index is -0.383. The predicted molar refractivity (Wildman–Crippen MR) is 124 cm³/mol. The summed E-state index contributed by atoms with van der Waals surface area (Å²) in [5, 5.41) is 13.7. The summed E-state index contributed by atoms with van der Waals surface area (Å²) < 4.78 is 1.64. The maximum Gasteiger partial charge on any atom is 0.278 e. The summed E-state index contributed by atoms with van der Waals surface area (Å²) in [6.07, 6.45) is 0. The average molecular weight is 425 g/mol. The van der Waals surface area contributed by atoms with Crippen molar-refractivity contribution in [3.63, 3.8) is 0 Å². The van der Waals surface area contributed by atoms with Crippen LogP contribution >= 0.6 is 0 Å².